The lowest BCUT2D eigenvalue weighted by Crippen LogP contribution is -2.39. The van der Waals surface area contributed by atoms with E-state index in [1.807, 2.05) is 13.8 Å². The van der Waals surface area contributed by atoms with Gasteiger partial charge >= 0.3 is 0 Å². The Morgan fingerprint density at radius 1 is 1.29 bits per heavy atom. The molecule has 0 saturated heterocycles. The van der Waals surface area contributed by atoms with E-state index in [0.29, 0.717) is 0 Å². The van der Waals surface area contributed by atoms with Crippen LogP contribution in [0.5, 0.6) is 0 Å². The van der Waals surface area contributed by atoms with Crippen LogP contribution in [0.1, 0.15) is 25.0 Å². The molecule has 0 aromatic heterocycles. The number of benzene rings is 1. The Labute approximate surface area is 86.5 Å². The Morgan fingerprint density at radius 3 is 2.50 bits per heavy atom. The van der Waals surface area contributed by atoms with Gasteiger partial charge in [-0.15, -0.1) is 0 Å². The Bertz CT molecular complexity index is 311. The van der Waals surface area contributed by atoms with Crippen molar-refractivity contribution in [3.8, 4) is 0 Å². The van der Waals surface area contributed by atoms with Gasteiger partial charge in [0.2, 0.25) is 0 Å². The molecular weight excluding hydrogens is 172 g/mol. The molecule has 0 spiro atoms. The van der Waals surface area contributed by atoms with Crippen LogP contribution in [0.25, 0.3) is 0 Å². The Hall–Kier alpha value is -1.02. The molecule has 0 bridgehead atoms. The van der Waals surface area contributed by atoms with E-state index in [2.05, 4.69) is 37.4 Å². The maximum absolute atomic E-state index is 5.91. The van der Waals surface area contributed by atoms with Crippen molar-refractivity contribution in [2.45, 2.75) is 33.2 Å². The molecule has 78 valence electrons. The lowest BCUT2D eigenvalue weighted by molar-refractivity contribution is 0.549. The third-order valence-electron chi connectivity index (χ3n) is 2.34. The zero-order chi connectivity index (χ0) is 10.8. The number of nitrogens with one attached hydrogen (secondary N) is 1. The number of anilines is 1. The average molecular weight is 192 g/mol. The molecule has 0 unspecified atom stereocenters. The van der Waals surface area contributed by atoms with Crippen molar-refractivity contribution in [1.82, 2.24) is 0 Å². The van der Waals surface area contributed by atoms with Gasteiger partial charge in [0.25, 0.3) is 0 Å². The second kappa shape index (κ2) is 4.01. The molecule has 0 amide bonds. The first kappa shape index (κ1) is 11.1. The summed E-state index contributed by atoms with van der Waals surface area (Å²) in [6.07, 6.45) is 0. The van der Waals surface area contributed by atoms with Gasteiger partial charge in [0.15, 0.2) is 0 Å². The standard InChI is InChI=1S/C12H20N2/c1-9-6-5-7-11(10(9)2)14-8-12(3,4)13/h5-7,14H,8,13H2,1-4H3. The van der Waals surface area contributed by atoms with Gasteiger partial charge in [-0.1, -0.05) is 12.1 Å². The molecule has 0 radical (unpaired) electrons. The van der Waals surface area contributed by atoms with E-state index >= 15 is 0 Å². The number of hydrogen-bond acceptors (Lipinski definition) is 2. The second-order valence-corrected chi connectivity index (χ2v) is 4.59. The van der Waals surface area contributed by atoms with Gasteiger partial charge in [0, 0.05) is 17.8 Å². The summed E-state index contributed by atoms with van der Waals surface area (Å²) in [7, 11) is 0. The van der Waals surface area contributed by atoms with Crippen LogP contribution in [-0.2, 0) is 0 Å². The monoisotopic (exact) mass is 192 g/mol. The van der Waals surface area contributed by atoms with Gasteiger partial charge in [-0.05, 0) is 44.9 Å². The summed E-state index contributed by atoms with van der Waals surface area (Å²) in [5.74, 6) is 0. The summed E-state index contributed by atoms with van der Waals surface area (Å²) in [6.45, 7) is 9.07. The molecule has 2 nitrogen and oxygen atoms in total. The zero-order valence-corrected chi connectivity index (χ0v) is 9.52. The Morgan fingerprint density at radius 2 is 1.93 bits per heavy atom. The molecule has 0 aliphatic carbocycles. The number of hydrogen-bond donors (Lipinski definition) is 2. The molecule has 0 aliphatic heterocycles. The minimum absolute atomic E-state index is 0.170. The van der Waals surface area contributed by atoms with Crippen LogP contribution in [-0.4, -0.2) is 12.1 Å². The first-order chi connectivity index (χ1) is 6.40. The second-order valence-electron chi connectivity index (χ2n) is 4.59. The van der Waals surface area contributed by atoms with E-state index in [1.54, 1.807) is 0 Å². The molecule has 0 saturated carbocycles. The summed E-state index contributed by atoms with van der Waals surface area (Å²) in [5, 5.41) is 3.37. The first-order valence-electron chi connectivity index (χ1n) is 4.99. The first-order valence-corrected chi connectivity index (χ1v) is 4.99. The van der Waals surface area contributed by atoms with E-state index in [9.17, 15) is 0 Å². The van der Waals surface area contributed by atoms with Crippen LogP contribution >= 0.6 is 0 Å². The maximum atomic E-state index is 5.91. The molecule has 0 aliphatic rings. The van der Waals surface area contributed by atoms with Crippen LogP contribution < -0.4 is 11.1 Å². The van der Waals surface area contributed by atoms with Crippen molar-refractivity contribution in [2.24, 2.45) is 5.73 Å². The van der Waals surface area contributed by atoms with E-state index < -0.39 is 0 Å². The van der Waals surface area contributed by atoms with Crippen molar-refractivity contribution in [3.63, 3.8) is 0 Å². The van der Waals surface area contributed by atoms with E-state index in [4.69, 9.17) is 5.73 Å². The molecular formula is C12H20N2. The number of aryl methyl sites for hydroxylation is 1. The van der Waals surface area contributed by atoms with Crippen LogP contribution in [0.2, 0.25) is 0 Å². The lowest BCUT2D eigenvalue weighted by atomic mass is 10.1. The van der Waals surface area contributed by atoms with Crippen molar-refractivity contribution < 1.29 is 0 Å². The summed E-state index contributed by atoms with van der Waals surface area (Å²) in [6, 6.07) is 6.27. The van der Waals surface area contributed by atoms with Crippen molar-refractivity contribution in [3.05, 3.63) is 29.3 Å². The SMILES string of the molecule is Cc1cccc(NCC(C)(C)N)c1C. The van der Waals surface area contributed by atoms with E-state index in [-0.39, 0.29) is 5.54 Å². The maximum Gasteiger partial charge on any atom is 0.0373 e. The van der Waals surface area contributed by atoms with Gasteiger partial charge < -0.3 is 11.1 Å². The van der Waals surface area contributed by atoms with E-state index in [1.165, 1.54) is 16.8 Å². The third-order valence-corrected chi connectivity index (χ3v) is 2.34. The molecule has 2 heteroatoms. The predicted octanol–water partition coefficient (Wildman–Crippen LogP) is 2.45. The number of rotatable bonds is 3. The van der Waals surface area contributed by atoms with Gasteiger partial charge in [0.05, 0.1) is 0 Å². The summed E-state index contributed by atoms with van der Waals surface area (Å²) in [4.78, 5) is 0. The van der Waals surface area contributed by atoms with Crippen molar-refractivity contribution in [1.29, 1.82) is 0 Å². The number of nitrogens with two attached hydrogens (primary N) is 1. The molecule has 1 aromatic carbocycles. The smallest absolute Gasteiger partial charge is 0.0373 e. The molecule has 1 aromatic rings. The minimum atomic E-state index is -0.170. The normalized spacial score (nSPS) is 11.5. The fourth-order valence-corrected chi connectivity index (χ4v) is 1.27. The highest BCUT2D eigenvalue weighted by Gasteiger charge is 2.10. The van der Waals surface area contributed by atoms with Crippen LogP contribution in [0, 0.1) is 13.8 Å². The Balaban J connectivity index is 2.73. The minimum Gasteiger partial charge on any atom is -0.383 e. The average Bonchev–Trinajstić information content (AvgIpc) is 2.06. The predicted molar refractivity (Wildman–Crippen MR) is 62.7 cm³/mol. The summed E-state index contributed by atoms with van der Waals surface area (Å²) in [5.41, 5.74) is 9.53. The van der Waals surface area contributed by atoms with Gasteiger partial charge in [-0.3, -0.25) is 0 Å². The molecule has 3 N–H and O–H groups in total. The van der Waals surface area contributed by atoms with E-state index in [0.717, 1.165) is 6.54 Å². The topological polar surface area (TPSA) is 38.0 Å². The fourth-order valence-electron chi connectivity index (χ4n) is 1.27. The quantitative estimate of drug-likeness (QED) is 0.772. The molecule has 0 heterocycles. The molecule has 0 atom stereocenters. The highest BCUT2D eigenvalue weighted by Crippen LogP contribution is 2.18. The van der Waals surface area contributed by atoms with Crippen LogP contribution in [0.3, 0.4) is 0 Å². The molecule has 0 fully saturated rings. The van der Waals surface area contributed by atoms with Crippen molar-refractivity contribution in [2.75, 3.05) is 11.9 Å². The highest BCUT2D eigenvalue weighted by molar-refractivity contribution is 5.53. The van der Waals surface area contributed by atoms with Gasteiger partial charge in [-0.25, -0.2) is 0 Å². The highest BCUT2D eigenvalue weighted by atomic mass is 14.9. The molecule has 1 rings (SSSR count). The van der Waals surface area contributed by atoms with Crippen molar-refractivity contribution >= 4 is 5.69 Å². The summed E-state index contributed by atoms with van der Waals surface area (Å²) < 4.78 is 0. The zero-order valence-electron chi connectivity index (χ0n) is 9.52. The van der Waals surface area contributed by atoms with Gasteiger partial charge in [0.1, 0.15) is 0 Å². The van der Waals surface area contributed by atoms with Gasteiger partial charge in [-0.2, -0.15) is 0 Å². The molecule has 14 heavy (non-hydrogen) atoms. The summed E-state index contributed by atoms with van der Waals surface area (Å²) >= 11 is 0. The van der Waals surface area contributed by atoms with Crippen LogP contribution in [0.15, 0.2) is 18.2 Å². The fraction of sp³-hybridized carbons (Fsp3) is 0.500. The third kappa shape index (κ3) is 3.04. The Kier molecular flexibility index (Phi) is 3.17. The van der Waals surface area contributed by atoms with Crippen LogP contribution in [0.4, 0.5) is 5.69 Å². The largest absolute Gasteiger partial charge is 0.383 e. The lowest BCUT2D eigenvalue weighted by Gasteiger charge is -2.21.